The van der Waals surface area contributed by atoms with E-state index in [1.807, 2.05) is 0 Å². The third kappa shape index (κ3) is 9.17. The predicted molar refractivity (Wildman–Crippen MR) is 168 cm³/mol. The standard InChI is InChI=1S/C31H29F2N7O3S2/c32-25-10-6-22(7-11-25)27(23-8-12-26(33)13-9-23)14-18-40(19-15-28-34-16-1-17-35-28)31(41)38-30-37-29(39-44-30)24-4-2-21(3-5-24)20-36-45(42)43/h1-13,16-17,27,45H,14-15,18-20H2,(H,36,42,43)(H,37,38,39,41). The first-order valence-electron chi connectivity index (χ1n) is 14.0. The third-order valence-electron chi connectivity index (χ3n) is 7.01. The van der Waals surface area contributed by atoms with Crippen LogP contribution in [0.25, 0.3) is 11.4 Å². The van der Waals surface area contributed by atoms with Crippen molar-refractivity contribution in [1.29, 1.82) is 0 Å². The topological polar surface area (TPSA) is 130 Å². The number of nitrogens with zero attached hydrogens (tertiary/aromatic N) is 5. The number of hydrogen-bond donors (Lipinski definition) is 3. The van der Waals surface area contributed by atoms with Gasteiger partial charge in [0.25, 0.3) is 0 Å². The van der Waals surface area contributed by atoms with Crippen LogP contribution < -0.4 is 10.0 Å². The lowest BCUT2D eigenvalue weighted by molar-refractivity contribution is 0.210. The SMILES string of the molecule is O=C(Nc1nc(-c2ccc(CN[SH](=O)=O)cc2)ns1)N(CCc1ncccn1)CCC(c1ccc(F)cc1)c1ccc(F)cc1. The second-order valence-corrected chi connectivity index (χ2v) is 11.6. The van der Waals surface area contributed by atoms with Crippen LogP contribution in [-0.4, -0.2) is 51.8 Å². The number of anilines is 1. The number of aromatic nitrogens is 4. The number of carbonyl (C=O) groups excluding carboxylic acids is 1. The normalized spacial score (nSPS) is 11.2. The number of carbonyl (C=O) groups is 1. The first-order valence-corrected chi connectivity index (χ1v) is 15.9. The number of nitrogens with one attached hydrogen (secondary N) is 2. The van der Waals surface area contributed by atoms with E-state index < -0.39 is 16.9 Å². The van der Waals surface area contributed by atoms with Crippen LogP contribution in [0.3, 0.4) is 0 Å². The zero-order chi connectivity index (χ0) is 31.6. The number of rotatable bonds is 13. The van der Waals surface area contributed by atoms with Gasteiger partial charge in [-0.1, -0.05) is 48.5 Å². The fraction of sp³-hybridized carbons (Fsp3) is 0.194. The molecule has 10 nitrogen and oxygen atoms in total. The second kappa shape index (κ2) is 15.4. The molecule has 2 amide bonds. The molecule has 0 aliphatic rings. The van der Waals surface area contributed by atoms with Gasteiger partial charge in [0.15, 0.2) is 5.82 Å². The van der Waals surface area contributed by atoms with Crippen LogP contribution in [0.4, 0.5) is 18.7 Å². The summed E-state index contributed by atoms with van der Waals surface area (Å²) in [5.41, 5.74) is 3.17. The molecule has 2 N–H and O–H groups in total. The maximum Gasteiger partial charge on any atom is 0.323 e. The highest BCUT2D eigenvalue weighted by molar-refractivity contribution is 7.70. The number of urea groups is 1. The average Bonchev–Trinajstić information content (AvgIpc) is 3.52. The van der Waals surface area contributed by atoms with Crippen molar-refractivity contribution in [3.8, 4) is 11.4 Å². The summed E-state index contributed by atoms with van der Waals surface area (Å²) in [6, 6.07) is 20.8. The van der Waals surface area contributed by atoms with Gasteiger partial charge in [0, 0.05) is 61.5 Å². The van der Waals surface area contributed by atoms with Gasteiger partial charge in [-0.2, -0.15) is 9.36 Å². The summed E-state index contributed by atoms with van der Waals surface area (Å²) in [7, 11) is -2.69. The van der Waals surface area contributed by atoms with E-state index in [1.54, 1.807) is 71.9 Å². The maximum absolute atomic E-state index is 13.7. The molecule has 0 radical (unpaired) electrons. The molecule has 0 spiro atoms. The number of halogens is 2. The van der Waals surface area contributed by atoms with Gasteiger partial charge < -0.3 is 4.90 Å². The Hall–Kier alpha value is -4.66. The molecule has 0 saturated heterocycles. The zero-order valence-electron chi connectivity index (χ0n) is 23.8. The zero-order valence-corrected chi connectivity index (χ0v) is 25.6. The summed E-state index contributed by atoms with van der Waals surface area (Å²) in [5.74, 6) is 0.0592. The monoisotopic (exact) mass is 649 g/mol. The van der Waals surface area contributed by atoms with Gasteiger partial charge in [0.05, 0.1) is 0 Å². The molecule has 0 saturated carbocycles. The van der Waals surface area contributed by atoms with E-state index in [2.05, 4.69) is 29.4 Å². The fourth-order valence-electron chi connectivity index (χ4n) is 4.70. The molecule has 232 valence electrons. The van der Waals surface area contributed by atoms with Gasteiger partial charge in [0.2, 0.25) is 16.0 Å². The lowest BCUT2D eigenvalue weighted by Gasteiger charge is -2.26. The van der Waals surface area contributed by atoms with E-state index in [0.717, 1.165) is 28.2 Å². The highest BCUT2D eigenvalue weighted by Crippen LogP contribution is 2.29. The molecule has 0 aliphatic heterocycles. The Balaban J connectivity index is 1.31. The van der Waals surface area contributed by atoms with Crippen LogP contribution in [0.5, 0.6) is 0 Å². The average molecular weight is 650 g/mol. The smallest absolute Gasteiger partial charge is 0.323 e. The van der Waals surface area contributed by atoms with Crippen molar-refractivity contribution in [3.05, 3.63) is 125 Å². The summed E-state index contributed by atoms with van der Waals surface area (Å²) < 4.78 is 55.7. The molecule has 0 fully saturated rings. The van der Waals surface area contributed by atoms with Crippen molar-refractivity contribution in [2.24, 2.45) is 0 Å². The van der Waals surface area contributed by atoms with Crippen LogP contribution in [0.2, 0.25) is 0 Å². The number of hydrogen-bond acceptors (Lipinski definition) is 8. The highest BCUT2D eigenvalue weighted by atomic mass is 32.2. The Labute approximate surface area is 264 Å². The molecule has 0 unspecified atom stereocenters. The van der Waals surface area contributed by atoms with E-state index >= 15 is 0 Å². The molecule has 5 aromatic rings. The van der Waals surface area contributed by atoms with E-state index in [0.29, 0.717) is 48.3 Å². The van der Waals surface area contributed by atoms with Crippen LogP contribution in [0, 0.1) is 11.6 Å². The summed E-state index contributed by atoms with van der Waals surface area (Å²) in [6.07, 6.45) is 4.17. The molecule has 45 heavy (non-hydrogen) atoms. The molecule has 0 bridgehead atoms. The molecule has 14 heteroatoms. The van der Waals surface area contributed by atoms with Crippen LogP contribution in [0.15, 0.2) is 91.3 Å². The minimum Gasteiger partial charge on any atom is -0.324 e. The van der Waals surface area contributed by atoms with Crippen molar-refractivity contribution in [3.63, 3.8) is 0 Å². The lowest BCUT2D eigenvalue weighted by atomic mass is 9.88. The van der Waals surface area contributed by atoms with Crippen molar-refractivity contribution in [2.45, 2.75) is 25.3 Å². The predicted octanol–water partition coefficient (Wildman–Crippen LogP) is 5.19. The Morgan fingerprint density at radius 2 is 1.49 bits per heavy atom. The van der Waals surface area contributed by atoms with Crippen LogP contribution in [-0.2, 0) is 23.9 Å². The van der Waals surface area contributed by atoms with Gasteiger partial charge >= 0.3 is 6.03 Å². The first-order chi connectivity index (χ1) is 21.8. The van der Waals surface area contributed by atoms with Gasteiger partial charge in [0.1, 0.15) is 17.5 Å². The number of thiol groups is 1. The summed E-state index contributed by atoms with van der Waals surface area (Å²) >= 11 is 1.04. The van der Waals surface area contributed by atoms with Gasteiger partial charge in [-0.05, 0) is 53.4 Å². The number of amides is 2. The van der Waals surface area contributed by atoms with Crippen LogP contribution >= 0.6 is 11.5 Å². The van der Waals surface area contributed by atoms with Crippen molar-refractivity contribution < 1.29 is 22.0 Å². The molecular weight excluding hydrogens is 621 g/mol. The van der Waals surface area contributed by atoms with E-state index in [9.17, 15) is 22.0 Å². The Bertz CT molecular complexity index is 1720. The fourth-order valence-corrected chi connectivity index (χ4v) is 5.59. The lowest BCUT2D eigenvalue weighted by Crippen LogP contribution is -2.38. The van der Waals surface area contributed by atoms with Gasteiger partial charge in [-0.15, -0.1) is 0 Å². The molecule has 2 aromatic heterocycles. The molecular formula is C31H29F2N7O3S2. The van der Waals surface area contributed by atoms with Crippen molar-refractivity contribution >= 4 is 33.6 Å². The third-order valence-corrected chi connectivity index (χ3v) is 8.06. The molecule has 0 aliphatic carbocycles. The van der Waals surface area contributed by atoms with E-state index in [1.165, 1.54) is 24.3 Å². The highest BCUT2D eigenvalue weighted by Gasteiger charge is 2.21. The van der Waals surface area contributed by atoms with E-state index in [-0.39, 0.29) is 24.1 Å². The largest absolute Gasteiger partial charge is 0.324 e. The van der Waals surface area contributed by atoms with Crippen molar-refractivity contribution in [2.75, 3.05) is 18.4 Å². The molecule has 0 atom stereocenters. The summed E-state index contributed by atoms with van der Waals surface area (Å²) in [5, 5.41) is 3.15. The van der Waals surface area contributed by atoms with Gasteiger partial charge in [-0.3, -0.25) is 5.32 Å². The minimum atomic E-state index is -2.69. The van der Waals surface area contributed by atoms with Gasteiger partial charge in [-0.25, -0.2) is 36.7 Å². The molecule has 5 rings (SSSR count). The maximum atomic E-state index is 13.7. The summed E-state index contributed by atoms with van der Waals surface area (Å²) in [4.78, 5) is 28.2. The molecule has 3 aromatic carbocycles. The molecule has 2 heterocycles. The van der Waals surface area contributed by atoms with E-state index in [4.69, 9.17) is 0 Å². The quantitative estimate of drug-likeness (QED) is 0.150. The summed E-state index contributed by atoms with van der Waals surface area (Å²) in [6.45, 7) is 0.803. The van der Waals surface area contributed by atoms with Crippen molar-refractivity contribution in [1.82, 2.24) is 28.9 Å². The second-order valence-electron chi connectivity index (χ2n) is 9.99. The number of benzene rings is 3. The van der Waals surface area contributed by atoms with Crippen LogP contribution in [0.1, 0.15) is 34.9 Å². The Kier molecular flexibility index (Phi) is 10.8. The Morgan fingerprint density at radius 1 is 0.867 bits per heavy atom. The first kappa shape index (κ1) is 31.8. The Morgan fingerprint density at radius 3 is 2.09 bits per heavy atom. The minimum absolute atomic E-state index is 0.178.